The Balaban J connectivity index is 2.35. The number of hydrogen-bond acceptors (Lipinski definition) is 4. The molecule has 0 spiro atoms. The zero-order valence-electron chi connectivity index (χ0n) is 7.21. The molecular formula is C10H6N3O. The minimum absolute atomic E-state index is 0.230. The van der Waals surface area contributed by atoms with E-state index in [4.69, 9.17) is 0 Å². The molecule has 0 saturated heterocycles. The summed E-state index contributed by atoms with van der Waals surface area (Å²) in [6.07, 6.45) is 6.80. The Morgan fingerprint density at radius 2 is 2.14 bits per heavy atom. The minimum atomic E-state index is -0.230. The molecule has 67 valence electrons. The van der Waals surface area contributed by atoms with Crippen molar-refractivity contribution in [2.24, 2.45) is 0 Å². The van der Waals surface area contributed by atoms with E-state index in [2.05, 4.69) is 21.1 Å². The van der Waals surface area contributed by atoms with E-state index >= 15 is 0 Å². The van der Waals surface area contributed by atoms with Gasteiger partial charge in [0.1, 0.15) is 17.6 Å². The summed E-state index contributed by atoms with van der Waals surface area (Å²) in [6, 6.07) is 5.14. The average Bonchev–Trinajstić information content (AvgIpc) is 2.30. The summed E-state index contributed by atoms with van der Waals surface area (Å²) in [4.78, 5) is 23.1. The molecule has 0 aliphatic heterocycles. The van der Waals surface area contributed by atoms with Crippen molar-refractivity contribution in [2.75, 3.05) is 0 Å². The zero-order valence-corrected chi connectivity index (χ0v) is 7.21. The molecule has 0 unspecified atom stereocenters. The van der Waals surface area contributed by atoms with Crippen LogP contribution in [0.5, 0.6) is 0 Å². The fraction of sp³-hybridized carbons (Fsp3) is 0. The molecule has 0 aliphatic carbocycles. The molecule has 0 atom stereocenters. The van der Waals surface area contributed by atoms with Gasteiger partial charge in [-0.3, -0.25) is 14.8 Å². The van der Waals surface area contributed by atoms with Crippen LogP contribution in [0, 0.1) is 6.20 Å². The summed E-state index contributed by atoms with van der Waals surface area (Å²) < 4.78 is 0. The molecule has 4 heteroatoms. The summed E-state index contributed by atoms with van der Waals surface area (Å²) in [5.74, 6) is -0.230. The number of carbonyl (C=O) groups is 1. The van der Waals surface area contributed by atoms with Gasteiger partial charge in [-0.1, -0.05) is 6.07 Å². The molecule has 0 fully saturated rings. The molecule has 2 rings (SSSR count). The van der Waals surface area contributed by atoms with Crippen LogP contribution >= 0.6 is 0 Å². The minimum Gasteiger partial charge on any atom is -0.285 e. The van der Waals surface area contributed by atoms with E-state index < -0.39 is 0 Å². The first-order chi connectivity index (χ1) is 6.88. The van der Waals surface area contributed by atoms with E-state index in [1.165, 1.54) is 12.4 Å². The highest BCUT2D eigenvalue weighted by atomic mass is 16.1. The lowest BCUT2D eigenvalue weighted by molar-refractivity contribution is 0.102. The number of rotatable bonds is 2. The highest BCUT2D eigenvalue weighted by Crippen LogP contribution is 2.01. The summed E-state index contributed by atoms with van der Waals surface area (Å²) in [7, 11) is 0. The van der Waals surface area contributed by atoms with E-state index in [0.717, 1.165) is 0 Å². The Kier molecular flexibility index (Phi) is 2.27. The number of pyridine rings is 1. The third-order valence-corrected chi connectivity index (χ3v) is 1.65. The summed E-state index contributed by atoms with van der Waals surface area (Å²) >= 11 is 0. The van der Waals surface area contributed by atoms with E-state index in [9.17, 15) is 4.79 Å². The van der Waals surface area contributed by atoms with Crippen molar-refractivity contribution in [1.82, 2.24) is 15.0 Å². The molecule has 0 bridgehead atoms. The number of carbonyl (C=O) groups excluding carboxylic acids is 1. The van der Waals surface area contributed by atoms with Crippen molar-refractivity contribution in [3.63, 3.8) is 0 Å². The topological polar surface area (TPSA) is 55.7 Å². The fourth-order valence-corrected chi connectivity index (χ4v) is 1.01. The van der Waals surface area contributed by atoms with Crippen LogP contribution in [0.4, 0.5) is 0 Å². The van der Waals surface area contributed by atoms with Crippen molar-refractivity contribution < 1.29 is 4.79 Å². The number of nitrogens with zero attached hydrogens (tertiary/aromatic N) is 3. The maximum Gasteiger partial charge on any atom is 0.231 e. The highest BCUT2D eigenvalue weighted by molar-refractivity contribution is 6.05. The van der Waals surface area contributed by atoms with E-state index in [0.29, 0.717) is 5.69 Å². The van der Waals surface area contributed by atoms with E-state index in [-0.39, 0.29) is 11.5 Å². The van der Waals surface area contributed by atoms with E-state index in [1.807, 2.05) is 0 Å². The molecule has 14 heavy (non-hydrogen) atoms. The Labute approximate surface area is 80.7 Å². The second kappa shape index (κ2) is 3.74. The molecule has 0 N–H and O–H groups in total. The average molecular weight is 184 g/mol. The van der Waals surface area contributed by atoms with Gasteiger partial charge in [0.25, 0.3) is 0 Å². The third kappa shape index (κ3) is 1.64. The van der Waals surface area contributed by atoms with Crippen molar-refractivity contribution in [1.29, 1.82) is 0 Å². The van der Waals surface area contributed by atoms with Gasteiger partial charge in [0.15, 0.2) is 0 Å². The second-order valence-corrected chi connectivity index (χ2v) is 2.57. The SMILES string of the molecule is O=C(c1ccccn1)c1cn[c]cn1. The Bertz CT molecular complexity index is 386. The van der Waals surface area contributed by atoms with Crippen molar-refractivity contribution in [2.45, 2.75) is 0 Å². The van der Waals surface area contributed by atoms with Crippen LogP contribution in [0.2, 0.25) is 0 Å². The maximum atomic E-state index is 11.7. The molecule has 0 amide bonds. The van der Waals surface area contributed by atoms with Gasteiger partial charge >= 0.3 is 0 Å². The van der Waals surface area contributed by atoms with Crippen LogP contribution in [-0.2, 0) is 0 Å². The van der Waals surface area contributed by atoms with Crippen LogP contribution in [0.15, 0.2) is 36.8 Å². The normalized spacial score (nSPS) is 9.71. The molecule has 0 saturated carbocycles. The Hall–Kier alpha value is -2.10. The van der Waals surface area contributed by atoms with Crippen LogP contribution in [0.1, 0.15) is 16.2 Å². The molecule has 2 heterocycles. The highest BCUT2D eigenvalue weighted by Gasteiger charge is 2.10. The van der Waals surface area contributed by atoms with Crippen LogP contribution in [0.3, 0.4) is 0 Å². The molecule has 4 nitrogen and oxygen atoms in total. The number of ketones is 1. The van der Waals surface area contributed by atoms with Gasteiger partial charge in [-0.05, 0) is 12.1 Å². The largest absolute Gasteiger partial charge is 0.285 e. The first kappa shape index (κ1) is 8.50. The third-order valence-electron chi connectivity index (χ3n) is 1.65. The van der Waals surface area contributed by atoms with Gasteiger partial charge in [0, 0.05) is 6.20 Å². The second-order valence-electron chi connectivity index (χ2n) is 2.57. The monoisotopic (exact) mass is 184 g/mol. The predicted octanol–water partition coefficient (Wildman–Crippen LogP) is 0.903. The van der Waals surface area contributed by atoms with Crippen LogP contribution in [-0.4, -0.2) is 20.7 Å². The first-order valence-electron chi connectivity index (χ1n) is 4.02. The van der Waals surface area contributed by atoms with Gasteiger partial charge in [-0.25, -0.2) is 4.98 Å². The molecular weight excluding hydrogens is 178 g/mol. The number of aromatic nitrogens is 3. The van der Waals surface area contributed by atoms with Crippen LogP contribution in [0.25, 0.3) is 0 Å². The van der Waals surface area contributed by atoms with Gasteiger partial charge in [-0.2, -0.15) is 0 Å². The fourth-order valence-electron chi connectivity index (χ4n) is 1.01. The van der Waals surface area contributed by atoms with Gasteiger partial charge in [-0.15, -0.1) is 0 Å². The van der Waals surface area contributed by atoms with Crippen molar-refractivity contribution >= 4 is 5.78 Å². The first-order valence-corrected chi connectivity index (χ1v) is 4.02. The molecule has 0 aromatic carbocycles. The Morgan fingerprint density at radius 3 is 2.79 bits per heavy atom. The van der Waals surface area contributed by atoms with Crippen molar-refractivity contribution in [3.8, 4) is 0 Å². The lowest BCUT2D eigenvalue weighted by Gasteiger charge is -1.96. The van der Waals surface area contributed by atoms with E-state index in [1.54, 1.807) is 24.4 Å². The summed E-state index contributed by atoms with van der Waals surface area (Å²) in [6.45, 7) is 0. The lowest BCUT2D eigenvalue weighted by Crippen LogP contribution is -2.05. The smallest absolute Gasteiger partial charge is 0.231 e. The lowest BCUT2D eigenvalue weighted by atomic mass is 10.2. The standard InChI is InChI=1S/C10H6N3O/c14-10(8-3-1-2-4-12-8)9-7-11-5-6-13-9/h1-4,6-7H. The van der Waals surface area contributed by atoms with Crippen LogP contribution < -0.4 is 0 Å². The maximum absolute atomic E-state index is 11.7. The zero-order chi connectivity index (χ0) is 9.80. The quantitative estimate of drug-likeness (QED) is 0.651. The van der Waals surface area contributed by atoms with Gasteiger partial charge in [0.2, 0.25) is 5.78 Å². The predicted molar refractivity (Wildman–Crippen MR) is 48.5 cm³/mol. The summed E-state index contributed by atoms with van der Waals surface area (Å²) in [5.41, 5.74) is 0.649. The Morgan fingerprint density at radius 1 is 1.21 bits per heavy atom. The number of hydrogen-bond donors (Lipinski definition) is 0. The molecule has 1 radical (unpaired) electrons. The molecule has 2 aromatic rings. The molecule has 0 aliphatic rings. The van der Waals surface area contributed by atoms with Gasteiger partial charge < -0.3 is 0 Å². The van der Waals surface area contributed by atoms with Gasteiger partial charge in [0.05, 0.1) is 12.4 Å². The summed E-state index contributed by atoms with van der Waals surface area (Å²) in [5, 5.41) is 0. The van der Waals surface area contributed by atoms with Crippen molar-refractivity contribution in [3.05, 3.63) is 54.4 Å². The molecule has 2 aromatic heterocycles.